The predicted octanol–water partition coefficient (Wildman–Crippen LogP) is 6.63. The van der Waals surface area contributed by atoms with E-state index in [1.54, 1.807) is 0 Å². The number of hydrogen-bond donors (Lipinski definition) is 0. The highest BCUT2D eigenvalue weighted by molar-refractivity contribution is 5.05. The molecule has 1 aromatic rings. The summed E-state index contributed by atoms with van der Waals surface area (Å²) in [6.45, 7) is 5.57. The molecular weight excluding hydrogens is 278 g/mol. The maximum atomic E-state index is 2.31. The van der Waals surface area contributed by atoms with Crippen molar-refractivity contribution in [1.82, 2.24) is 0 Å². The fourth-order valence-electron chi connectivity index (χ4n) is 3.27. The SMILES string of the molecule is CCCCCCCCCCCCCCCc1ccc[n+](CC)c1. The van der Waals surface area contributed by atoms with Crippen molar-refractivity contribution < 1.29 is 4.57 Å². The number of hydrogen-bond acceptors (Lipinski definition) is 0. The quantitative estimate of drug-likeness (QED) is 0.252. The summed E-state index contributed by atoms with van der Waals surface area (Å²) in [4.78, 5) is 0. The third kappa shape index (κ3) is 11.3. The number of aryl methyl sites for hydroxylation is 2. The zero-order valence-corrected chi connectivity index (χ0v) is 15.9. The second kappa shape index (κ2) is 14.7. The maximum Gasteiger partial charge on any atom is 0.171 e. The van der Waals surface area contributed by atoms with Crippen LogP contribution in [0.2, 0.25) is 0 Å². The number of nitrogens with zero attached hydrogens (tertiary/aromatic N) is 1. The summed E-state index contributed by atoms with van der Waals surface area (Å²) in [7, 11) is 0. The Balaban J connectivity index is 1.84. The molecule has 0 saturated heterocycles. The Morgan fingerprint density at radius 2 is 1.22 bits per heavy atom. The highest BCUT2D eigenvalue weighted by atomic mass is 14.9. The van der Waals surface area contributed by atoms with Gasteiger partial charge in [-0.1, -0.05) is 84.0 Å². The topological polar surface area (TPSA) is 3.88 Å². The third-order valence-corrected chi connectivity index (χ3v) is 4.85. The molecule has 1 nitrogen and oxygen atoms in total. The van der Waals surface area contributed by atoms with E-state index in [4.69, 9.17) is 0 Å². The van der Waals surface area contributed by atoms with Crippen molar-refractivity contribution in [2.24, 2.45) is 0 Å². The van der Waals surface area contributed by atoms with Gasteiger partial charge in [0.1, 0.15) is 6.54 Å². The van der Waals surface area contributed by atoms with Gasteiger partial charge in [-0.15, -0.1) is 0 Å². The van der Waals surface area contributed by atoms with Crippen LogP contribution in [0.3, 0.4) is 0 Å². The molecule has 0 bridgehead atoms. The largest absolute Gasteiger partial charge is 0.205 e. The van der Waals surface area contributed by atoms with Gasteiger partial charge < -0.3 is 0 Å². The number of rotatable bonds is 15. The Hall–Kier alpha value is -0.850. The van der Waals surface area contributed by atoms with E-state index in [-0.39, 0.29) is 0 Å². The molecule has 1 aromatic heterocycles. The van der Waals surface area contributed by atoms with Crippen LogP contribution in [0.15, 0.2) is 24.5 Å². The van der Waals surface area contributed by atoms with Crippen LogP contribution in [0.1, 0.15) is 103 Å². The molecule has 0 aliphatic heterocycles. The summed E-state index contributed by atoms with van der Waals surface area (Å²) < 4.78 is 2.28. The summed E-state index contributed by atoms with van der Waals surface area (Å²) in [5.74, 6) is 0. The Morgan fingerprint density at radius 1 is 0.696 bits per heavy atom. The lowest BCUT2D eigenvalue weighted by Gasteiger charge is -2.03. The Bertz CT molecular complexity index is 372. The maximum absolute atomic E-state index is 2.31. The zero-order valence-electron chi connectivity index (χ0n) is 15.9. The Kier molecular flexibility index (Phi) is 12.9. The highest BCUT2D eigenvalue weighted by Gasteiger charge is 2.00. The van der Waals surface area contributed by atoms with Crippen molar-refractivity contribution in [3.63, 3.8) is 0 Å². The van der Waals surface area contributed by atoms with Gasteiger partial charge in [0.15, 0.2) is 12.4 Å². The molecule has 23 heavy (non-hydrogen) atoms. The molecule has 132 valence electrons. The van der Waals surface area contributed by atoms with Crippen LogP contribution in [-0.4, -0.2) is 0 Å². The standard InChI is InChI=1S/C22H40N/c1-3-5-6-7-8-9-10-11-12-13-14-15-16-18-22-19-17-20-23(4-2)21-22/h17,19-21H,3-16,18H2,1-2H3/q+1. The molecule has 0 unspecified atom stereocenters. The van der Waals surface area contributed by atoms with Gasteiger partial charge in [0, 0.05) is 11.6 Å². The molecule has 0 amide bonds. The average Bonchev–Trinajstić information content (AvgIpc) is 2.59. The van der Waals surface area contributed by atoms with E-state index in [9.17, 15) is 0 Å². The van der Waals surface area contributed by atoms with E-state index >= 15 is 0 Å². The van der Waals surface area contributed by atoms with Crippen LogP contribution in [0.4, 0.5) is 0 Å². The van der Waals surface area contributed by atoms with E-state index in [2.05, 4.69) is 42.9 Å². The summed E-state index contributed by atoms with van der Waals surface area (Å²) in [6, 6.07) is 4.45. The lowest BCUT2D eigenvalue weighted by molar-refractivity contribution is -0.694. The first-order valence-corrected chi connectivity index (χ1v) is 10.3. The second-order valence-electron chi connectivity index (χ2n) is 7.04. The van der Waals surface area contributed by atoms with Gasteiger partial charge in [-0.3, -0.25) is 0 Å². The number of aromatic nitrogens is 1. The third-order valence-electron chi connectivity index (χ3n) is 4.85. The first-order valence-electron chi connectivity index (χ1n) is 10.3. The highest BCUT2D eigenvalue weighted by Crippen LogP contribution is 2.13. The van der Waals surface area contributed by atoms with Crippen molar-refractivity contribution >= 4 is 0 Å². The molecular formula is C22H40N+. The second-order valence-corrected chi connectivity index (χ2v) is 7.04. The molecule has 0 aliphatic carbocycles. The van der Waals surface area contributed by atoms with Gasteiger partial charge in [-0.25, -0.2) is 4.57 Å². The van der Waals surface area contributed by atoms with Crippen molar-refractivity contribution in [3.05, 3.63) is 30.1 Å². The van der Waals surface area contributed by atoms with Gasteiger partial charge in [0.25, 0.3) is 0 Å². The van der Waals surface area contributed by atoms with Crippen molar-refractivity contribution in [2.45, 2.75) is 110 Å². The van der Waals surface area contributed by atoms with Crippen molar-refractivity contribution in [2.75, 3.05) is 0 Å². The summed E-state index contributed by atoms with van der Waals surface area (Å²) in [6.07, 6.45) is 24.4. The van der Waals surface area contributed by atoms with Crippen LogP contribution in [0.25, 0.3) is 0 Å². The summed E-state index contributed by atoms with van der Waals surface area (Å²) >= 11 is 0. The minimum atomic E-state index is 1.08. The zero-order chi connectivity index (χ0) is 16.6. The fraction of sp³-hybridized carbons (Fsp3) is 0.773. The van der Waals surface area contributed by atoms with E-state index in [1.807, 2.05) is 0 Å². The molecule has 0 saturated carbocycles. The van der Waals surface area contributed by atoms with Gasteiger partial charge in [0.2, 0.25) is 0 Å². The monoisotopic (exact) mass is 318 g/mol. The molecule has 0 spiro atoms. The lowest BCUT2D eigenvalue weighted by Crippen LogP contribution is -2.31. The first-order chi connectivity index (χ1) is 11.4. The Morgan fingerprint density at radius 3 is 1.74 bits per heavy atom. The van der Waals surface area contributed by atoms with Crippen LogP contribution in [0, 0.1) is 0 Å². The molecule has 1 heterocycles. The molecule has 0 aromatic carbocycles. The molecule has 1 heteroatoms. The molecule has 0 aliphatic rings. The first kappa shape index (κ1) is 20.2. The van der Waals surface area contributed by atoms with Crippen LogP contribution >= 0.6 is 0 Å². The minimum Gasteiger partial charge on any atom is -0.205 e. The van der Waals surface area contributed by atoms with Gasteiger partial charge in [-0.2, -0.15) is 0 Å². The van der Waals surface area contributed by atoms with E-state index in [0.717, 1.165) is 6.54 Å². The Labute approximate surface area is 145 Å². The van der Waals surface area contributed by atoms with E-state index in [1.165, 1.54) is 95.5 Å². The molecule has 1 rings (SSSR count). The number of unbranched alkanes of at least 4 members (excludes halogenated alkanes) is 12. The molecule has 0 fully saturated rings. The normalized spacial score (nSPS) is 11.0. The van der Waals surface area contributed by atoms with Gasteiger partial charge >= 0.3 is 0 Å². The van der Waals surface area contributed by atoms with Crippen LogP contribution in [-0.2, 0) is 13.0 Å². The molecule has 0 N–H and O–H groups in total. The lowest BCUT2D eigenvalue weighted by atomic mass is 10.0. The van der Waals surface area contributed by atoms with Crippen LogP contribution < -0.4 is 4.57 Å². The molecule has 0 radical (unpaired) electrons. The van der Waals surface area contributed by atoms with Gasteiger partial charge in [0.05, 0.1) is 0 Å². The average molecular weight is 319 g/mol. The van der Waals surface area contributed by atoms with Crippen molar-refractivity contribution in [3.8, 4) is 0 Å². The molecule has 0 atom stereocenters. The van der Waals surface area contributed by atoms with E-state index in [0.29, 0.717) is 0 Å². The summed E-state index contributed by atoms with van der Waals surface area (Å²) in [5, 5.41) is 0. The van der Waals surface area contributed by atoms with Crippen LogP contribution in [0.5, 0.6) is 0 Å². The van der Waals surface area contributed by atoms with Crippen molar-refractivity contribution in [1.29, 1.82) is 0 Å². The smallest absolute Gasteiger partial charge is 0.171 e. The van der Waals surface area contributed by atoms with Gasteiger partial charge in [-0.05, 0) is 25.8 Å². The fourth-order valence-corrected chi connectivity index (χ4v) is 3.27. The van der Waals surface area contributed by atoms with E-state index < -0.39 is 0 Å². The number of pyridine rings is 1. The predicted molar refractivity (Wildman–Crippen MR) is 102 cm³/mol. The summed E-state index contributed by atoms with van der Waals surface area (Å²) in [5.41, 5.74) is 1.50. The minimum absolute atomic E-state index is 1.08.